The van der Waals surface area contributed by atoms with Gasteiger partial charge in [-0.15, -0.1) is 0 Å². The van der Waals surface area contributed by atoms with Crippen molar-refractivity contribution in [3.63, 3.8) is 0 Å². The van der Waals surface area contributed by atoms with Gasteiger partial charge in [-0.25, -0.2) is 4.79 Å². The van der Waals surface area contributed by atoms with Gasteiger partial charge in [0, 0.05) is 38.4 Å². The highest BCUT2D eigenvalue weighted by molar-refractivity contribution is 5.28. The highest BCUT2D eigenvalue weighted by Gasteiger charge is 2.10. The molecule has 112 valence electrons. The molecule has 2 rings (SSSR count). The number of hydrogen-bond acceptors (Lipinski definition) is 3. The molecular formula is C16H21N3O2. The molecule has 0 spiro atoms. The van der Waals surface area contributed by atoms with Crippen LogP contribution in [0.1, 0.15) is 29.8 Å². The van der Waals surface area contributed by atoms with E-state index in [9.17, 15) is 9.59 Å². The first kappa shape index (κ1) is 15.3. The van der Waals surface area contributed by atoms with E-state index in [2.05, 4.69) is 31.3 Å². The lowest BCUT2D eigenvalue weighted by Crippen LogP contribution is -2.39. The van der Waals surface area contributed by atoms with E-state index in [-0.39, 0.29) is 17.3 Å². The smallest absolute Gasteiger partial charge is 0.305 e. The zero-order chi connectivity index (χ0) is 15.6. The van der Waals surface area contributed by atoms with Gasteiger partial charge in [-0.05, 0) is 25.0 Å². The van der Waals surface area contributed by atoms with E-state index in [1.165, 1.54) is 28.8 Å². The molecular weight excluding hydrogens is 266 g/mol. The lowest BCUT2D eigenvalue weighted by Gasteiger charge is -2.17. The van der Waals surface area contributed by atoms with Crippen LogP contribution in [0, 0.1) is 6.92 Å². The Labute approximate surface area is 123 Å². The minimum Gasteiger partial charge on any atom is -0.305 e. The molecule has 0 aliphatic heterocycles. The van der Waals surface area contributed by atoms with Crippen LogP contribution in [0.5, 0.6) is 0 Å². The fraction of sp³-hybridized carbons (Fsp3) is 0.375. The number of benzene rings is 1. The fourth-order valence-electron chi connectivity index (χ4n) is 2.39. The van der Waals surface area contributed by atoms with E-state index >= 15 is 0 Å². The van der Waals surface area contributed by atoms with Crippen LogP contribution in [0.15, 0.2) is 39.9 Å². The van der Waals surface area contributed by atoms with Crippen molar-refractivity contribution in [2.24, 2.45) is 14.1 Å². The molecule has 1 aromatic heterocycles. The van der Waals surface area contributed by atoms with E-state index in [4.69, 9.17) is 0 Å². The minimum atomic E-state index is -0.303. The van der Waals surface area contributed by atoms with Crippen molar-refractivity contribution >= 4 is 0 Å². The number of aromatic nitrogens is 2. The summed E-state index contributed by atoms with van der Waals surface area (Å²) in [5, 5.41) is 3.36. The summed E-state index contributed by atoms with van der Waals surface area (Å²) in [6.07, 6.45) is 0. The first-order valence-electron chi connectivity index (χ1n) is 6.96. The Bertz CT molecular complexity index is 759. The largest absolute Gasteiger partial charge is 0.330 e. The van der Waals surface area contributed by atoms with Crippen LogP contribution >= 0.6 is 0 Å². The van der Waals surface area contributed by atoms with Crippen molar-refractivity contribution in [1.29, 1.82) is 0 Å². The predicted octanol–water partition coefficient (Wildman–Crippen LogP) is 1.24. The highest BCUT2D eigenvalue weighted by atomic mass is 16.2. The van der Waals surface area contributed by atoms with Gasteiger partial charge in [-0.3, -0.25) is 13.9 Å². The van der Waals surface area contributed by atoms with Gasteiger partial charge in [0.05, 0.1) is 0 Å². The summed E-state index contributed by atoms with van der Waals surface area (Å²) in [5.74, 6) is 0. The first-order chi connectivity index (χ1) is 9.91. The molecule has 0 amide bonds. The van der Waals surface area contributed by atoms with E-state index in [1.54, 1.807) is 7.05 Å². The Morgan fingerprint density at radius 3 is 2.48 bits per heavy atom. The zero-order valence-electron chi connectivity index (χ0n) is 12.9. The molecule has 5 nitrogen and oxygen atoms in total. The van der Waals surface area contributed by atoms with Gasteiger partial charge >= 0.3 is 5.69 Å². The Hall–Kier alpha value is -2.14. The molecule has 0 unspecified atom stereocenters. The zero-order valence-corrected chi connectivity index (χ0v) is 12.9. The number of aryl methyl sites for hydroxylation is 1. The molecule has 1 aromatic carbocycles. The maximum atomic E-state index is 11.9. The van der Waals surface area contributed by atoms with Gasteiger partial charge < -0.3 is 5.32 Å². The summed E-state index contributed by atoms with van der Waals surface area (Å²) in [5.41, 5.74) is 2.53. The van der Waals surface area contributed by atoms with Crippen molar-refractivity contribution in [3.05, 3.63) is 68.0 Å². The second-order valence-electron chi connectivity index (χ2n) is 5.33. The van der Waals surface area contributed by atoms with Crippen molar-refractivity contribution in [1.82, 2.24) is 14.5 Å². The molecule has 0 radical (unpaired) electrons. The topological polar surface area (TPSA) is 56.0 Å². The summed E-state index contributed by atoms with van der Waals surface area (Å²) >= 11 is 0. The van der Waals surface area contributed by atoms with Crippen molar-refractivity contribution in [3.8, 4) is 0 Å². The Morgan fingerprint density at radius 1 is 1.14 bits per heavy atom. The van der Waals surface area contributed by atoms with Gasteiger partial charge in [0.1, 0.15) is 0 Å². The van der Waals surface area contributed by atoms with Crippen LogP contribution in [0.4, 0.5) is 0 Å². The second kappa shape index (κ2) is 6.10. The molecule has 2 aromatic rings. The number of nitrogens with zero attached hydrogens (tertiary/aromatic N) is 2. The summed E-state index contributed by atoms with van der Waals surface area (Å²) in [6.45, 7) is 4.61. The number of hydrogen-bond donors (Lipinski definition) is 1. The summed E-state index contributed by atoms with van der Waals surface area (Å²) in [4.78, 5) is 23.6. The molecule has 1 atom stereocenters. The second-order valence-corrected chi connectivity index (χ2v) is 5.33. The average molecular weight is 287 g/mol. The standard InChI is InChI=1S/C16H21N3O2/c1-11-7-5-6-8-14(11)12(2)17-10-13-9-15(20)19(4)16(21)18(13)3/h5-9,12,17H,10H2,1-4H3/t12-/m1/s1. The third-order valence-corrected chi connectivity index (χ3v) is 3.87. The van der Waals surface area contributed by atoms with Crippen molar-refractivity contribution in [2.45, 2.75) is 26.4 Å². The lowest BCUT2D eigenvalue weighted by atomic mass is 10.0. The Balaban J connectivity index is 2.20. The summed E-state index contributed by atoms with van der Waals surface area (Å²) in [7, 11) is 3.16. The van der Waals surface area contributed by atoms with E-state index in [1.807, 2.05) is 12.1 Å². The maximum Gasteiger partial charge on any atom is 0.330 e. The first-order valence-corrected chi connectivity index (χ1v) is 6.96. The van der Waals surface area contributed by atoms with Crippen LogP contribution in [-0.2, 0) is 20.6 Å². The fourth-order valence-corrected chi connectivity index (χ4v) is 2.39. The molecule has 1 heterocycles. The van der Waals surface area contributed by atoms with Gasteiger partial charge in [0.2, 0.25) is 0 Å². The normalized spacial score (nSPS) is 12.4. The highest BCUT2D eigenvalue weighted by Crippen LogP contribution is 2.16. The van der Waals surface area contributed by atoms with Gasteiger partial charge in [0.25, 0.3) is 5.56 Å². The van der Waals surface area contributed by atoms with Crippen LogP contribution in [0.25, 0.3) is 0 Å². The quantitative estimate of drug-likeness (QED) is 0.920. The van der Waals surface area contributed by atoms with Crippen molar-refractivity contribution < 1.29 is 0 Å². The summed E-state index contributed by atoms with van der Waals surface area (Å²) < 4.78 is 2.60. The van der Waals surface area contributed by atoms with E-state index < -0.39 is 0 Å². The molecule has 1 N–H and O–H groups in total. The van der Waals surface area contributed by atoms with E-state index in [0.717, 1.165) is 4.57 Å². The molecule has 0 saturated heterocycles. The third-order valence-electron chi connectivity index (χ3n) is 3.87. The predicted molar refractivity (Wildman–Crippen MR) is 83.4 cm³/mol. The van der Waals surface area contributed by atoms with Gasteiger partial charge in [-0.1, -0.05) is 24.3 Å². The molecule has 0 aliphatic carbocycles. The van der Waals surface area contributed by atoms with Crippen LogP contribution in [-0.4, -0.2) is 9.13 Å². The molecule has 0 fully saturated rings. The molecule has 5 heteroatoms. The minimum absolute atomic E-state index is 0.144. The Morgan fingerprint density at radius 2 is 1.81 bits per heavy atom. The molecule has 0 aliphatic rings. The lowest BCUT2D eigenvalue weighted by molar-refractivity contribution is 0.538. The number of rotatable bonds is 4. The average Bonchev–Trinajstić information content (AvgIpc) is 2.47. The molecule has 0 bridgehead atoms. The van der Waals surface area contributed by atoms with Gasteiger partial charge in [0.15, 0.2) is 0 Å². The SMILES string of the molecule is Cc1ccccc1[C@@H](C)NCc1cc(=O)n(C)c(=O)n1C. The van der Waals surface area contributed by atoms with Crippen LogP contribution < -0.4 is 16.6 Å². The maximum absolute atomic E-state index is 11.9. The van der Waals surface area contributed by atoms with E-state index in [0.29, 0.717) is 12.2 Å². The van der Waals surface area contributed by atoms with Gasteiger partial charge in [-0.2, -0.15) is 0 Å². The monoisotopic (exact) mass is 287 g/mol. The third kappa shape index (κ3) is 3.13. The Kier molecular flexibility index (Phi) is 4.43. The molecule has 21 heavy (non-hydrogen) atoms. The van der Waals surface area contributed by atoms with Crippen LogP contribution in [0.2, 0.25) is 0 Å². The molecule has 0 saturated carbocycles. The summed E-state index contributed by atoms with van der Waals surface area (Å²) in [6, 6.07) is 9.81. The van der Waals surface area contributed by atoms with Crippen molar-refractivity contribution in [2.75, 3.05) is 0 Å². The number of nitrogens with one attached hydrogen (secondary N) is 1. The van der Waals surface area contributed by atoms with Crippen LogP contribution in [0.3, 0.4) is 0 Å².